The van der Waals surface area contributed by atoms with Gasteiger partial charge in [0.2, 0.25) is 0 Å². The maximum absolute atomic E-state index is 12.8. The standard InChI is InChI=1S/C35H52O7/c1-7-14-29(36)21-19-27(5)34(40)28(6)32-18-12-10-8-9-11-17-30(37)35(41)26(4)16-13-15-24(2)23-31(38)25(3)20-22-33(39)42-32/h8-13,15-17,20,23,27-32,34,36-38,40H,7,14,18-19,21-22H2,1-6H3/b9-8+,12-10+,15-13+,17-11+,24-23+,25-20+,26-16+/t27-,28-,29?,30?,31?,32-,34-/m1/s1. The second-order valence-corrected chi connectivity index (χ2v) is 11.3. The summed E-state index contributed by atoms with van der Waals surface area (Å²) in [4.78, 5) is 25.3. The highest BCUT2D eigenvalue weighted by molar-refractivity contribution is 5.99. The van der Waals surface area contributed by atoms with Crippen molar-refractivity contribution >= 4 is 11.8 Å². The van der Waals surface area contributed by atoms with Gasteiger partial charge >= 0.3 is 5.97 Å². The molecule has 1 rings (SSSR count). The summed E-state index contributed by atoms with van der Waals surface area (Å²) in [5.74, 6) is -1.32. The van der Waals surface area contributed by atoms with E-state index in [1.165, 1.54) is 6.08 Å². The Morgan fingerprint density at radius 2 is 1.62 bits per heavy atom. The molecule has 1 aliphatic rings. The lowest BCUT2D eigenvalue weighted by Gasteiger charge is -2.31. The van der Waals surface area contributed by atoms with Crippen molar-refractivity contribution in [3.05, 3.63) is 83.6 Å². The van der Waals surface area contributed by atoms with Crippen molar-refractivity contribution in [3.8, 4) is 0 Å². The van der Waals surface area contributed by atoms with Gasteiger partial charge in [0.1, 0.15) is 12.2 Å². The minimum absolute atomic E-state index is 0.0233. The molecule has 0 saturated heterocycles. The van der Waals surface area contributed by atoms with Gasteiger partial charge in [-0.25, -0.2) is 0 Å². The molecule has 1 aliphatic heterocycles. The highest BCUT2D eigenvalue weighted by Gasteiger charge is 2.30. The van der Waals surface area contributed by atoms with Crippen molar-refractivity contribution in [1.29, 1.82) is 0 Å². The van der Waals surface area contributed by atoms with Crippen LogP contribution in [0.15, 0.2) is 83.6 Å². The molecule has 3 unspecified atom stereocenters. The number of ketones is 1. The lowest BCUT2D eigenvalue weighted by Crippen LogP contribution is -2.37. The molecule has 0 spiro atoms. The molecule has 1 heterocycles. The number of aliphatic hydroxyl groups is 4. The van der Waals surface area contributed by atoms with Gasteiger partial charge in [-0.05, 0) is 69.2 Å². The van der Waals surface area contributed by atoms with Gasteiger partial charge in [-0.15, -0.1) is 0 Å². The molecule has 0 aromatic heterocycles. The molecule has 42 heavy (non-hydrogen) atoms. The highest BCUT2D eigenvalue weighted by atomic mass is 16.5. The number of cyclic esters (lactones) is 1. The summed E-state index contributed by atoms with van der Waals surface area (Å²) in [6.45, 7) is 11.0. The fourth-order valence-electron chi connectivity index (χ4n) is 4.57. The molecule has 0 amide bonds. The van der Waals surface area contributed by atoms with Gasteiger partial charge in [-0.1, -0.05) is 87.4 Å². The van der Waals surface area contributed by atoms with Gasteiger partial charge in [-0.3, -0.25) is 9.59 Å². The van der Waals surface area contributed by atoms with E-state index >= 15 is 0 Å². The molecule has 0 aliphatic carbocycles. The molecular weight excluding hydrogens is 532 g/mol. The zero-order valence-corrected chi connectivity index (χ0v) is 26.1. The molecule has 7 heteroatoms. The first-order chi connectivity index (χ1) is 19.9. The molecule has 0 fully saturated rings. The smallest absolute Gasteiger partial charge is 0.309 e. The molecule has 0 saturated carbocycles. The quantitative estimate of drug-likeness (QED) is 0.216. The van der Waals surface area contributed by atoms with Crippen molar-refractivity contribution in [2.75, 3.05) is 0 Å². The third-order valence-electron chi connectivity index (χ3n) is 7.54. The summed E-state index contributed by atoms with van der Waals surface area (Å²) in [5.41, 5.74) is 1.74. The SMILES string of the molecule is CCCC(O)CC[C@@H](C)[C@@H](O)[C@H](C)[C@H]1C/C=C/C=C/C=C/C(O)C(=O)/C(C)=C/C=C/C(C)=C/C(O)/C(C)=C/CC(=O)O1. The Hall–Kier alpha value is -2.84. The van der Waals surface area contributed by atoms with Crippen molar-refractivity contribution in [2.24, 2.45) is 11.8 Å². The van der Waals surface area contributed by atoms with E-state index in [1.807, 2.05) is 33.8 Å². The van der Waals surface area contributed by atoms with E-state index in [4.69, 9.17) is 4.74 Å². The van der Waals surface area contributed by atoms with Crippen LogP contribution < -0.4 is 0 Å². The summed E-state index contributed by atoms with van der Waals surface area (Å²) in [7, 11) is 0. The van der Waals surface area contributed by atoms with E-state index in [-0.39, 0.29) is 24.4 Å². The Labute approximate surface area is 252 Å². The van der Waals surface area contributed by atoms with Gasteiger partial charge in [0.25, 0.3) is 0 Å². The first kappa shape index (κ1) is 37.2. The number of hydrogen-bond donors (Lipinski definition) is 4. The number of aliphatic hydroxyl groups excluding tert-OH is 4. The van der Waals surface area contributed by atoms with E-state index in [0.717, 1.165) is 18.4 Å². The number of rotatable bonds is 8. The predicted molar refractivity (Wildman–Crippen MR) is 168 cm³/mol. The summed E-state index contributed by atoms with van der Waals surface area (Å²) in [5, 5.41) is 42.0. The lowest BCUT2D eigenvalue weighted by atomic mass is 9.85. The van der Waals surface area contributed by atoms with E-state index < -0.39 is 36.2 Å². The Morgan fingerprint density at radius 3 is 2.31 bits per heavy atom. The van der Waals surface area contributed by atoms with E-state index in [9.17, 15) is 30.0 Å². The molecule has 0 radical (unpaired) electrons. The molecule has 0 aromatic rings. The maximum atomic E-state index is 12.8. The highest BCUT2D eigenvalue weighted by Crippen LogP contribution is 2.26. The Kier molecular flexibility index (Phi) is 17.8. The topological polar surface area (TPSA) is 124 Å². The molecular formula is C35H52O7. The fraction of sp³-hybridized carbons (Fsp3) is 0.543. The van der Waals surface area contributed by atoms with E-state index in [2.05, 4.69) is 0 Å². The second kappa shape index (κ2) is 20.1. The molecule has 7 atom stereocenters. The number of carbonyl (C=O) groups is 2. The monoisotopic (exact) mass is 584 g/mol. The van der Waals surface area contributed by atoms with Crippen molar-refractivity contribution in [1.82, 2.24) is 0 Å². The first-order valence-electron chi connectivity index (χ1n) is 15.0. The number of Topliss-reactive ketones (excluding diaryl/α,β-unsaturated/α-hetero) is 1. The molecule has 7 nitrogen and oxygen atoms in total. The van der Waals surface area contributed by atoms with Crippen LogP contribution in [0, 0.1) is 11.8 Å². The lowest BCUT2D eigenvalue weighted by molar-refractivity contribution is -0.153. The minimum Gasteiger partial charge on any atom is -0.461 e. The van der Waals surface area contributed by atoms with Crippen LogP contribution in [0.3, 0.4) is 0 Å². The van der Waals surface area contributed by atoms with Gasteiger partial charge in [0.15, 0.2) is 5.78 Å². The largest absolute Gasteiger partial charge is 0.461 e. The van der Waals surface area contributed by atoms with Crippen LogP contribution in [0.4, 0.5) is 0 Å². The molecule has 4 N–H and O–H groups in total. The number of hydrogen-bond acceptors (Lipinski definition) is 7. The summed E-state index contributed by atoms with van der Waals surface area (Å²) < 4.78 is 5.83. The average molecular weight is 585 g/mol. The zero-order valence-electron chi connectivity index (χ0n) is 26.1. The molecule has 0 aromatic carbocycles. The van der Waals surface area contributed by atoms with Crippen molar-refractivity contribution < 1.29 is 34.8 Å². The van der Waals surface area contributed by atoms with Gasteiger partial charge in [0, 0.05) is 12.3 Å². The average Bonchev–Trinajstić information content (AvgIpc) is 2.95. The minimum atomic E-state index is -1.27. The number of ether oxygens (including phenoxy) is 1. The molecule has 0 bridgehead atoms. The Bertz CT molecular complexity index is 1060. The van der Waals surface area contributed by atoms with Crippen molar-refractivity contribution in [3.63, 3.8) is 0 Å². The van der Waals surface area contributed by atoms with Gasteiger partial charge < -0.3 is 25.2 Å². The molecule has 234 valence electrons. The third kappa shape index (κ3) is 14.4. The van der Waals surface area contributed by atoms with E-state index in [1.54, 1.807) is 68.5 Å². The van der Waals surface area contributed by atoms with Crippen LogP contribution in [0.1, 0.15) is 80.1 Å². The van der Waals surface area contributed by atoms with Crippen LogP contribution in [0.5, 0.6) is 0 Å². The zero-order chi connectivity index (χ0) is 31.7. The van der Waals surface area contributed by atoms with Crippen LogP contribution in [0.2, 0.25) is 0 Å². The third-order valence-corrected chi connectivity index (χ3v) is 7.54. The van der Waals surface area contributed by atoms with Gasteiger partial charge in [-0.2, -0.15) is 0 Å². The fourth-order valence-corrected chi connectivity index (χ4v) is 4.57. The van der Waals surface area contributed by atoms with Crippen molar-refractivity contribution in [2.45, 2.75) is 111 Å². The van der Waals surface area contributed by atoms with E-state index in [0.29, 0.717) is 30.4 Å². The van der Waals surface area contributed by atoms with Crippen LogP contribution in [-0.2, 0) is 14.3 Å². The number of carbonyl (C=O) groups excluding carboxylic acids is 2. The summed E-state index contributed by atoms with van der Waals surface area (Å²) in [6.07, 6.45) is 17.7. The normalized spacial score (nSPS) is 31.6. The Balaban J connectivity index is 3.19. The predicted octanol–water partition coefficient (Wildman–Crippen LogP) is 5.62. The van der Waals surface area contributed by atoms with Crippen LogP contribution >= 0.6 is 0 Å². The number of esters is 1. The Morgan fingerprint density at radius 1 is 0.929 bits per heavy atom. The summed E-state index contributed by atoms with van der Waals surface area (Å²) in [6, 6.07) is 0. The van der Waals surface area contributed by atoms with Gasteiger partial charge in [0.05, 0.1) is 24.7 Å². The number of allylic oxidation sites excluding steroid dienone is 8. The first-order valence-corrected chi connectivity index (χ1v) is 15.0. The summed E-state index contributed by atoms with van der Waals surface area (Å²) >= 11 is 0. The van der Waals surface area contributed by atoms with Crippen LogP contribution in [0.25, 0.3) is 0 Å². The second-order valence-electron chi connectivity index (χ2n) is 11.3. The maximum Gasteiger partial charge on any atom is 0.309 e. The van der Waals surface area contributed by atoms with Crippen LogP contribution in [-0.4, -0.2) is 62.7 Å².